The quantitative estimate of drug-likeness (QED) is 0.468. The summed E-state index contributed by atoms with van der Waals surface area (Å²) in [5, 5.41) is 21.1. The minimum Gasteiger partial charge on any atom is -0.376 e. The monoisotopic (exact) mass is 317 g/mol. The van der Waals surface area contributed by atoms with Gasteiger partial charge in [-0.25, -0.2) is 0 Å². The molecule has 0 aliphatic heterocycles. The highest BCUT2D eigenvalue weighted by Crippen LogP contribution is 2.61. The van der Waals surface area contributed by atoms with Crippen LogP contribution in [-0.4, -0.2) is 22.2 Å². The Morgan fingerprint density at radius 1 is 1.19 bits per heavy atom. The molecule has 0 heterocycles. The number of aliphatic hydroxyl groups excluding tert-OH is 1. The standard InChI is InChI=1S/C13H20NO6P/c1-9(2)19-21(18,20-10(3)4)13(15)11-6-5-7-12(8-11)14(16)17/h5-10,13,15H,1-4H3. The molecule has 1 unspecified atom stereocenters. The Balaban J connectivity index is 3.16. The first kappa shape index (κ1) is 17.8. The topological polar surface area (TPSA) is 98.9 Å². The smallest absolute Gasteiger partial charge is 0.363 e. The molecule has 1 N–H and O–H groups in total. The van der Waals surface area contributed by atoms with Crippen LogP contribution in [0, 0.1) is 10.1 Å². The Morgan fingerprint density at radius 3 is 2.14 bits per heavy atom. The number of hydrogen-bond donors (Lipinski definition) is 1. The third-order valence-corrected chi connectivity index (χ3v) is 4.72. The van der Waals surface area contributed by atoms with Crippen molar-refractivity contribution in [1.82, 2.24) is 0 Å². The summed E-state index contributed by atoms with van der Waals surface area (Å²) in [5.41, 5.74) is -0.0824. The van der Waals surface area contributed by atoms with E-state index in [1.807, 2.05) is 0 Å². The summed E-state index contributed by atoms with van der Waals surface area (Å²) in [5.74, 6) is -1.58. The minimum absolute atomic E-state index is 0.119. The van der Waals surface area contributed by atoms with Crippen molar-refractivity contribution in [2.75, 3.05) is 0 Å². The van der Waals surface area contributed by atoms with E-state index in [1.165, 1.54) is 18.2 Å². The van der Waals surface area contributed by atoms with Crippen LogP contribution in [-0.2, 0) is 13.6 Å². The van der Waals surface area contributed by atoms with Gasteiger partial charge in [-0.2, -0.15) is 0 Å². The third kappa shape index (κ3) is 4.89. The molecular weight excluding hydrogens is 297 g/mol. The van der Waals surface area contributed by atoms with Crippen molar-refractivity contribution in [1.29, 1.82) is 0 Å². The van der Waals surface area contributed by atoms with Crippen molar-refractivity contribution in [3.8, 4) is 0 Å². The molecule has 1 rings (SSSR count). The van der Waals surface area contributed by atoms with E-state index in [0.29, 0.717) is 0 Å². The Labute approximate surface area is 123 Å². The molecule has 0 fully saturated rings. The Morgan fingerprint density at radius 2 is 1.71 bits per heavy atom. The second-order valence-electron chi connectivity index (χ2n) is 5.07. The largest absolute Gasteiger partial charge is 0.376 e. The van der Waals surface area contributed by atoms with Gasteiger partial charge >= 0.3 is 7.60 Å². The van der Waals surface area contributed by atoms with E-state index in [9.17, 15) is 19.8 Å². The van der Waals surface area contributed by atoms with E-state index >= 15 is 0 Å². The molecule has 0 saturated heterocycles. The van der Waals surface area contributed by atoms with E-state index in [0.717, 1.165) is 6.07 Å². The van der Waals surface area contributed by atoms with E-state index < -0.39 is 30.6 Å². The second kappa shape index (κ2) is 7.13. The SMILES string of the molecule is CC(C)OP(=O)(OC(C)C)C(O)c1cccc([N+](=O)[O-])c1. The molecule has 0 aliphatic carbocycles. The molecular formula is C13H20NO6P. The molecule has 0 bridgehead atoms. The van der Waals surface area contributed by atoms with Crippen LogP contribution in [0.15, 0.2) is 24.3 Å². The molecule has 0 aliphatic rings. The zero-order valence-corrected chi connectivity index (χ0v) is 13.3. The highest BCUT2D eigenvalue weighted by Gasteiger charge is 2.38. The fraction of sp³-hybridized carbons (Fsp3) is 0.538. The van der Waals surface area contributed by atoms with Crippen LogP contribution >= 0.6 is 7.60 Å². The molecule has 0 spiro atoms. The van der Waals surface area contributed by atoms with Crippen LogP contribution < -0.4 is 0 Å². The zero-order valence-electron chi connectivity index (χ0n) is 12.4. The first-order valence-corrected chi connectivity index (χ1v) is 8.16. The fourth-order valence-corrected chi connectivity index (χ4v) is 3.69. The molecule has 0 radical (unpaired) electrons. The second-order valence-corrected chi connectivity index (χ2v) is 7.06. The first-order chi connectivity index (χ1) is 9.65. The van der Waals surface area contributed by atoms with Gasteiger partial charge in [0.1, 0.15) is 0 Å². The van der Waals surface area contributed by atoms with E-state index in [-0.39, 0.29) is 11.3 Å². The molecule has 118 valence electrons. The minimum atomic E-state index is -3.86. The van der Waals surface area contributed by atoms with Gasteiger partial charge in [0.2, 0.25) is 0 Å². The van der Waals surface area contributed by atoms with Crippen molar-refractivity contribution in [2.45, 2.75) is 45.7 Å². The molecule has 1 aromatic carbocycles. The summed E-state index contributed by atoms with van der Waals surface area (Å²) in [6.45, 7) is 6.65. The van der Waals surface area contributed by atoms with Crippen molar-refractivity contribution >= 4 is 13.3 Å². The number of nitro benzene ring substituents is 1. The molecule has 7 nitrogen and oxygen atoms in total. The number of hydrogen-bond acceptors (Lipinski definition) is 6. The number of nitro groups is 1. The summed E-state index contributed by atoms with van der Waals surface area (Å²) >= 11 is 0. The predicted molar refractivity (Wildman–Crippen MR) is 78.1 cm³/mol. The van der Waals surface area contributed by atoms with Gasteiger partial charge in [0.05, 0.1) is 17.1 Å². The third-order valence-electron chi connectivity index (χ3n) is 2.39. The van der Waals surface area contributed by atoms with Crippen LogP contribution in [0.5, 0.6) is 0 Å². The van der Waals surface area contributed by atoms with Gasteiger partial charge in [-0.05, 0) is 33.3 Å². The lowest BCUT2D eigenvalue weighted by Crippen LogP contribution is -2.13. The molecule has 0 amide bonds. The van der Waals surface area contributed by atoms with Crippen LogP contribution in [0.25, 0.3) is 0 Å². The molecule has 21 heavy (non-hydrogen) atoms. The molecule has 1 atom stereocenters. The van der Waals surface area contributed by atoms with Gasteiger partial charge < -0.3 is 14.2 Å². The van der Waals surface area contributed by atoms with Crippen LogP contribution in [0.4, 0.5) is 5.69 Å². The van der Waals surface area contributed by atoms with Gasteiger partial charge in [0, 0.05) is 12.1 Å². The number of aliphatic hydroxyl groups is 1. The van der Waals surface area contributed by atoms with E-state index in [2.05, 4.69) is 0 Å². The molecule has 0 saturated carbocycles. The van der Waals surface area contributed by atoms with E-state index in [1.54, 1.807) is 27.7 Å². The number of nitrogens with zero attached hydrogens (tertiary/aromatic N) is 1. The fourth-order valence-electron chi connectivity index (χ4n) is 1.71. The maximum atomic E-state index is 12.8. The molecule has 8 heteroatoms. The highest BCUT2D eigenvalue weighted by atomic mass is 31.2. The summed E-state index contributed by atoms with van der Waals surface area (Å²) in [6.07, 6.45) is -0.856. The average Bonchev–Trinajstić information content (AvgIpc) is 2.35. The van der Waals surface area contributed by atoms with E-state index in [4.69, 9.17) is 9.05 Å². The van der Waals surface area contributed by atoms with Gasteiger partial charge in [-0.15, -0.1) is 0 Å². The Bertz CT molecular complexity index is 531. The van der Waals surface area contributed by atoms with Crippen molar-refractivity contribution in [2.24, 2.45) is 0 Å². The number of non-ortho nitro benzene ring substituents is 1. The lowest BCUT2D eigenvalue weighted by molar-refractivity contribution is -0.385. The summed E-state index contributed by atoms with van der Waals surface area (Å²) in [6, 6.07) is 5.29. The predicted octanol–water partition coefficient (Wildman–Crippen LogP) is 3.63. The lowest BCUT2D eigenvalue weighted by Gasteiger charge is -2.26. The highest BCUT2D eigenvalue weighted by molar-refractivity contribution is 7.54. The normalized spacial score (nSPS) is 13.7. The Kier molecular flexibility index (Phi) is 6.04. The zero-order chi connectivity index (χ0) is 16.2. The maximum Gasteiger partial charge on any atom is 0.363 e. The van der Waals surface area contributed by atoms with Crippen LogP contribution in [0.1, 0.15) is 39.1 Å². The molecule has 1 aromatic rings. The summed E-state index contributed by atoms with van der Waals surface area (Å²) < 4.78 is 23.3. The van der Waals surface area contributed by atoms with Crippen LogP contribution in [0.3, 0.4) is 0 Å². The van der Waals surface area contributed by atoms with Crippen molar-refractivity contribution in [3.05, 3.63) is 39.9 Å². The number of benzene rings is 1. The lowest BCUT2D eigenvalue weighted by atomic mass is 10.2. The maximum absolute atomic E-state index is 12.8. The first-order valence-electron chi connectivity index (χ1n) is 6.54. The van der Waals surface area contributed by atoms with Crippen molar-refractivity contribution in [3.63, 3.8) is 0 Å². The van der Waals surface area contributed by atoms with Gasteiger partial charge in [-0.1, -0.05) is 12.1 Å². The van der Waals surface area contributed by atoms with Crippen molar-refractivity contribution < 1.29 is 23.6 Å². The molecule has 0 aromatic heterocycles. The number of rotatable bonds is 7. The van der Waals surface area contributed by atoms with Gasteiger partial charge in [0.25, 0.3) is 5.69 Å². The van der Waals surface area contributed by atoms with Crippen LogP contribution in [0.2, 0.25) is 0 Å². The average molecular weight is 317 g/mol. The van der Waals surface area contributed by atoms with Gasteiger partial charge in [0.15, 0.2) is 5.85 Å². The van der Waals surface area contributed by atoms with Gasteiger partial charge in [-0.3, -0.25) is 14.7 Å². The Hall–Kier alpha value is -1.27. The summed E-state index contributed by atoms with van der Waals surface area (Å²) in [4.78, 5) is 10.2. The summed E-state index contributed by atoms with van der Waals surface area (Å²) in [7, 11) is -3.86.